The molecule has 84 valence electrons. The summed E-state index contributed by atoms with van der Waals surface area (Å²) in [5.41, 5.74) is 0.719. The first-order valence-electron chi connectivity index (χ1n) is 4.99. The topological polar surface area (TPSA) is 39.2 Å². The molecule has 0 radical (unpaired) electrons. The Morgan fingerprint density at radius 1 is 1.38 bits per heavy atom. The summed E-state index contributed by atoms with van der Waals surface area (Å²) in [5, 5.41) is 13.1. The van der Waals surface area contributed by atoms with Crippen molar-refractivity contribution in [1.29, 1.82) is 0 Å². The van der Waals surface area contributed by atoms with Crippen LogP contribution in [-0.2, 0) is 0 Å². The van der Waals surface area contributed by atoms with Crippen LogP contribution in [0.2, 0.25) is 0 Å². The fourth-order valence-electron chi connectivity index (χ4n) is 1.63. The molecular formula is C12H12BrN2O-. The Balaban J connectivity index is 2.46. The molecule has 4 heteroatoms. The van der Waals surface area contributed by atoms with Crippen molar-refractivity contribution in [2.24, 2.45) is 0 Å². The Morgan fingerprint density at radius 3 is 2.75 bits per heavy atom. The van der Waals surface area contributed by atoms with Gasteiger partial charge in [0.2, 0.25) is 0 Å². The second-order valence-electron chi connectivity index (χ2n) is 4.22. The van der Waals surface area contributed by atoms with Crippen molar-refractivity contribution in [2.75, 3.05) is 0 Å². The van der Waals surface area contributed by atoms with Crippen molar-refractivity contribution >= 4 is 21.6 Å². The minimum atomic E-state index is -0.555. The lowest BCUT2D eigenvalue weighted by molar-refractivity contribution is 0.333. The Hall–Kier alpha value is -1.13. The van der Waals surface area contributed by atoms with E-state index in [1.165, 1.54) is 0 Å². The van der Waals surface area contributed by atoms with E-state index in [0.29, 0.717) is 11.4 Å². The first kappa shape index (κ1) is 11.4. The molecule has 0 fully saturated rings. The van der Waals surface area contributed by atoms with Crippen molar-refractivity contribution in [3.8, 4) is 0 Å². The molecule has 1 aliphatic heterocycles. The van der Waals surface area contributed by atoms with E-state index in [2.05, 4.69) is 20.9 Å². The molecule has 1 aromatic rings. The van der Waals surface area contributed by atoms with Crippen LogP contribution in [0.1, 0.15) is 19.5 Å². The molecule has 0 amide bonds. The van der Waals surface area contributed by atoms with E-state index in [-0.39, 0.29) is 0 Å². The van der Waals surface area contributed by atoms with Crippen LogP contribution in [0.15, 0.2) is 41.0 Å². The molecule has 0 saturated carbocycles. The summed E-state index contributed by atoms with van der Waals surface area (Å²) in [6.45, 7) is 3.74. The Labute approximate surface area is 103 Å². The van der Waals surface area contributed by atoms with E-state index in [0.717, 1.165) is 9.55 Å². The van der Waals surface area contributed by atoms with Gasteiger partial charge in [-0.05, 0) is 38.1 Å². The summed E-state index contributed by atoms with van der Waals surface area (Å²) >= 11 is 3.42. The Kier molecular flexibility index (Phi) is 2.86. The monoisotopic (exact) mass is 279 g/mol. The summed E-state index contributed by atoms with van der Waals surface area (Å²) in [4.78, 5) is 4.19. The number of rotatable bonds is 1. The number of hydrogen-bond acceptors (Lipinski definition) is 3. The van der Waals surface area contributed by atoms with Crippen LogP contribution in [-0.4, -0.2) is 15.6 Å². The molecular weight excluding hydrogens is 268 g/mol. The number of nitrogens with zero attached hydrogens (tertiary/aromatic N) is 2. The molecule has 1 aliphatic rings. The van der Waals surface area contributed by atoms with Gasteiger partial charge in [-0.2, -0.15) is 0 Å². The molecule has 3 nitrogen and oxygen atoms in total. The number of aromatic nitrogens is 1. The van der Waals surface area contributed by atoms with Gasteiger partial charge in [0.25, 0.3) is 0 Å². The van der Waals surface area contributed by atoms with Crippen LogP contribution in [0.25, 0.3) is 5.70 Å². The van der Waals surface area contributed by atoms with Crippen molar-refractivity contribution in [3.05, 3.63) is 51.9 Å². The molecule has 0 bridgehead atoms. The van der Waals surface area contributed by atoms with Crippen molar-refractivity contribution < 1.29 is 0 Å². The van der Waals surface area contributed by atoms with Gasteiger partial charge in [0.1, 0.15) is 0 Å². The Bertz CT molecular complexity index is 451. The molecule has 0 aliphatic carbocycles. The van der Waals surface area contributed by atoms with Gasteiger partial charge in [0, 0.05) is 16.2 Å². The van der Waals surface area contributed by atoms with Gasteiger partial charge in [-0.25, -0.2) is 0 Å². The lowest BCUT2D eigenvalue weighted by atomic mass is 9.99. The van der Waals surface area contributed by atoms with Crippen LogP contribution in [0.3, 0.4) is 0 Å². The minimum Gasteiger partial charge on any atom is -0.758 e. The van der Waals surface area contributed by atoms with Gasteiger partial charge in [-0.1, -0.05) is 22.0 Å². The SMILES string of the molecule is CC1(C)C=C(Br)C=C(c2ccccn2)N1[O-]. The van der Waals surface area contributed by atoms with Crippen LogP contribution in [0.4, 0.5) is 0 Å². The molecule has 0 atom stereocenters. The number of halogens is 1. The smallest absolute Gasteiger partial charge is 0.0855 e. The first-order valence-corrected chi connectivity index (χ1v) is 5.79. The molecule has 2 heterocycles. The quantitative estimate of drug-likeness (QED) is 0.792. The second kappa shape index (κ2) is 4.03. The number of pyridine rings is 1. The van der Waals surface area contributed by atoms with Gasteiger partial charge < -0.3 is 10.3 Å². The molecule has 16 heavy (non-hydrogen) atoms. The molecule has 0 unspecified atom stereocenters. The standard InChI is InChI=1S/C12H12BrN2O/c1-12(2)8-9(13)7-11(15(12)16)10-5-3-4-6-14-10/h3-8H,1-2H3/q-1. The number of hydroxylamine groups is 2. The summed E-state index contributed by atoms with van der Waals surface area (Å²) < 4.78 is 0.908. The van der Waals surface area contributed by atoms with Crippen LogP contribution >= 0.6 is 15.9 Å². The fraction of sp³-hybridized carbons (Fsp3) is 0.250. The average Bonchev–Trinajstić information content (AvgIpc) is 2.24. The zero-order valence-corrected chi connectivity index (χ0v) is 10.7. The van der Waals surface area contributed by atoms with Crippen LogP contribution in [0.5, 0.6) is 0 Å². The lowest BCUT2D eigenvalue weighted by Gasteiger charge is -2.47. The largest absolute Gasteiger partial charge is 0.758 e. The number of allylic oxidation sites excluding steroid dienone is 2. The molecule has 2 rings (SSSR count). The maximum absolute atomic E-state index is 12.1. The van der Waals surface area contributed by atoms with Crippen LogP contribution in [0, 0.1) is 5.21 Å². The highest BCUT2D eigenvalue weighted by molar-refractivity contribution is 9.11. The predicted molar refractivity (Wildman–Crippen MR) is 68.5 cm³/mol. The average molecular weight is 280 g/mol. The van der Waals surface area contributed by atoms with Gasteiger partial charge in [-0.15, -0.1) is 0 Å². The van der Waals surface area contributed by atoms with E-state index in [9.17, 15) is 5.21 Å². The fourth-order valence-corrected chi connectivity index (χ4v) is 2.41. The maximum atomic E-state index is 12.1. The van der Waals surface area contributed by atoms with Crippen molar-refractivity contribution in [1.82, 2.24) is 10.0 Å². The second-order valence-corrected chi connectivity index (χ2v) is 5.14. The summed E-state index contributed by atoms with van der Waals surface area (Å²) in [6.07, 6.45) is 5.36. The van der Waals surface area contributed by atoms with Crippen LogP contribution < -0.4 is 0 Å². The molecule has 0 spiro atoms. The molecule has 1 aromatic heterocycles. The minimum absolute atomic E-state index is 0.555. The van der Waals surface area contributed by atoms with E-state index < -0.39 is 5.54 Å². The van der Waals surface area contributed by atoms with E-state index in [4.69, 9.17) is 0 Å². The zero-order valence-electron chi connectivity index (χ0n) is 9.14. The zero-order chi connectivity index (χ0) is 11.8. The third-order valence-corrected chi connectivity index (χ3v) is 2.89. The van der Waals surface area contributed by atoms with E-state index in [1.54, 1.807) is 12.3 Å². The van der Waals surface area contributed by atoms with Gasteiger partial charge in [-0.3, -0.25) is 4.98 Å². The van der Waals surface area contributed by atoms with E-state index in [1.807, 2.05) is 38.1 Å². The normalized spacial score (nSPS) is 19.1. The Morgan fingerprint density at radius 2 is 2.12 bits per heavy atom. The third-order valence-electron chi connectivity index (χ3n) is 2.44. The highest BCUT2D eigenvalue weighted by Crippen LogP contribution is 2.34. The third kappa shape index (κ3) is 2.03. The lowest BCUT2D eigenvalue weighted by Crippen LogP contribution is -2.38. The van der Waals surface area contributed by atoms with Crippen molar-refractivity contribution in [2.45, 2.75) is 19.4 Å². The molecule has 0 saturated heterocycles. The van der Waals surface area contributed by atoms with Gasteiger partial charge in [0.05, 0.1) is 11.4 Å². The summed E-state index contributed by atoms with van der Waals surface area (Å²) in [6, 6.07) is 5.53. The van der Waals surface area contributed by atoms with Crippen molar-refractivity contribution in [3.63, 3.8) is 0 Å². The molecule has 0 aromatic carbocycles. The predicted octanol–water partition coefficient (Wildman–Crippen LogP) is 3.29. The summed E-state index contributed by atoms with van der Waals surface area (Å²) in [7, 11) is 0. The highest BCUT2D eigenvalue weighted by atomic mass is 79.9. The first-order chi connectivity index (χ1) is 7.50. The van der Waals surface area contributed by atoms with Gasteiger partial charge in [0.15, 0.2) is 0 Å². The number of hydrogen-bond donors (Lipinski definition) is 0. The molecule has 0 N–H and O–H groups in total. The van der Waals surface area contributed by atoms with E-state index >= 15 is 0 Å². The van der Waals surface area contributed by atoms with Gasteiger partial charge >= 0.3 is 0 Å². The highest BCUT2D eigenvalue weighted by Gasteiger charge is 2.24. The summed E-state index contributed by atoms with van der Waals surface area (Å²) in [5.74, 6) is 0. The maximum Gasteiger partial charge on any atom is 0.0855 e.